The van der Waals surface area contributed by atoms with Crippen molar-refractivity contribution in [1.29, 1.82) is 0 Å². The van der Waals surface area contributed by atoms with E-state index in [-0.39, 0.29) is 0 Å². The molecule has 11 heteroatoms. The van der Waals surface area contributed by atoms with Crippen LogP contribution < -0.4 is 4.90 Å². The van der Waals surface area contributed by atoms with Crippen molar-refractivity contribution in [2.45, 2.75) is 16.2 Å². The first-order valence-electron chi connectivity index (χ1n) is 15.4. The Bertz CT molecular complexity index is 1050. The number of benzene rings is 2. The number of hydrogen-bond acceptors (Lipinski definition) is 10. The van der Waals surface area contributed by atoms with Gasteiger partial charge in [0, 0.05) is 61.2 Å². The largest absolute Gasteiger partial charge is 0.382 e. The van der Waals surface area contributed by atoms with Crippen LogP contribution in [0.25, 0.3) is 0 Å². The highest BCUT2D eigenvalue weighted by atomic mass is 35.5. The maximum absolute atomic E-state index is 6.37. The van der Waals surface area contributed by atoms with Crippen LogP contribution in [0.5, 0.6) is 0 Å². The highest BCUT2D eigenvalue weighted by Crippen LogP contribution is 2.48. The molecule has 4 rings (SSSR count). The molecule has 0 aliphatic carbocycles. The Morgan fingerprint density at radius 3 is 1.77 bits per heavy atom. The van der Waals surface area contributed by atoms with Crippen molar-refractivity contribution in [3.8, 4) is 0 Å². The molecular weight excluding hydrogens is 590 g/mol. The number of rotatable bonds is 22. The first-order valence-corrected chi connectivity index (χ1v) is 16.6. The molecule has 2 aromatic carbocycles. The lowest BCUT2D eigenvalue weighted by atomic mass is 10.2. The summed E-state index contributed by atoms with van der Waals surface area (Å²) >= 11 is 8.20. The van der Waals surface area contributed by atoms with Gasteiger partial charge in [0.1, 0.15) is 0 Å². The van der Waals surface area contributed by atoms with Gasteiger partial charge in [-0.2, -0.15) is 0 Å². The summed E-state index contributed by atoms with van der Waals surface area (Å²) in [4.78, 5) is 10.1. The molecule has 0 amide bonds. The van der Waals surface area contributed by atoms with Crippen LogP contribution in [0, 0.1) is 0 Å². The summed E-state index contributed by atoms with van der Waals surface area (Å²) in [6.45, 7) is 13.9. The van der Waals surface area contributed by atoms with Crippen molar-refractivity contribution in [3.63, 3.8) is 0 Å². The summed E-state index contributed by atoms with van der Waals surface area (Å²) < 4.78 is 32.6. The van der Waals surface area contributed by atoms with E-state index in [1.807, 2.05) is 17.8 Å². The van der Waals surface area contributed by atoms with Gasteiger partial charge in [0.05, 0.1) is 84.1 Å². The Kier molecular flexibility index (Phi) is 16.5. The van der Waals surface area contributed by atoms with Crippen molar-refractivity contribution in [1.82, 2.24) is 9.80 Å². The number of anilines is 2. The lowest BCUT2D eigenvalue weighted by molar-refractivity contribution is -0.0161. The van der Waals surface area contributed by atoms with E-state index in [2.05, 4.69) is 51.1 Å². The van der Waals surface area contributed by atoms with E-state index in [4.69, 9.17) is 40.0 Å². The second-order valence-corrected chi connectivity index (χ2v) is 11.9. The maximum atomic E-state index is 6.37. The lowest BCUT2D eigenvalue weighted by Crippen LogP contribution is -2.47. The Morgan fingerprint density at radius 1 is 0.605 bits per heavy atom. The molecular formula is C32H48ClN3O6S. The summed E-state index contributed by atoms with van der Waals surface area (Å²) in [5.41, 5.74) is 2.50. The molecule has 9 nitrogen and oxygen atoms in total. The molecule has 240 valence electrons. The SMILES string of the molecule is COCCOCCOCCOCCOCCOCCN1CCN(CCCN2c3ccccc3Sc3ccc(Cl)cc32)CC1. The average molecular weight is 638 g/mol. The summed E-state index contributed by atoms with van der Waals surface area (Å²) in [5, 5.41) is 0.788. The van der Waals surface area contributed by atoms with E-state index in [0.717, 1.165) is 63.9 Å². The summed E-state index contributed by atoms with van der Waals surface area (Å²) in [7, 11) is 1.66. The van der Waals surface area contributed by atoms with Crippen molar-refractivity contribution in [2.75, 3.05) is 130 Å². The molecule has 2 aliphatic rings. The van der Waals surface area contributed by atoms with Gasteiger partial charge >= 0.3 is 0 Å². The molecule has 0 unspecified atom stereocenters. The summed E-state index contributed by atoms with van der Waals surface area (Å²) in [6.07, 6.45) is 1.11. The van der Waals surface area contributed by atoms with E-state index in [1.54, 1.807) is 7.11 Å². The minimum atomic E-state index is 0.557. The summed E-state index contributed by atoms with van der Waals surface area (Å²) in [6, 6.07) is 14.9. The van der Waals surface area contributed by atoms with Gasteiger partial charge in [-0.15, -0.1) is 0 Å². The molecule has 1 fully saturated rings. The first-order chi connectivity index (χ1) is 21.2. The predicted molar refractivity (Wildman–Crippen MR) is 172 cm³/mol. The number of fused-ring (bicyclic) bond motifs is 2. The van der Waals surface area contributed by atoms with Crippen molar-refractivity contribution in [2.24, 2.45) is 0 Å². The van der Waals surface area contributed by atoms with Gasteiger partial charge in [0.15, 0.2) is 0 Å². The van der Waals surface area contributed by atoms with Gasteiger partial charge in [-0.1, -0.05) is 35.5 Å². The van der Waals surface area contributed by atoms with Crippen LogP contribution in [0.2, 0.25) is 5.02 Å². The van der Waals surface area contributed by atoms with Crippen LogP contribution in [-0.2, 0) is 28.4 Å². The quantitative estimate of drug-likeness (QED) is 0.170. The molecule has 0 N–H and O–H groups in total. The third-order valence-electron chi connectivity index (χ3n) is 7.38. The number of ether oxygens (including phenoxy) is 6. The normalized spacial score (nSPS) is 15.5. The van der Waals surface area contributed by atoms with Gasteiger partial charge in [-0.05, 0) is 43.3 Å². The van der Waals surface area contributed by atoms with Gasteiger partial charge < -0.3 is 38.2 Å². The van der Waals surface area contributed by atoms with Crippen LogP contribution in [0.1, 0.15) is 6.42 Å². The fraction of sp³-hybridized carbons (Fsp3) is 0.625. The number of methoxy groups -OCH3 is 1. The Hall–Kier alpha value is -1.44. The molecule has 2 heterocycles. The second kappa shape index (κ2) is 20.6. The number of piperazine rings is 1. The number of halogens is 1. The molecule has 0 atom stereocenters. The van der Waals surface area contributed by atoms with Crippen molar-refractivity contribution < 1.29 is 28.4 Å². The molecule has 0 spiro atoms. The lowest BCUT2D eigenvalue weighted by Gasteiger charge is -2.36. The topological polar surface area (TPSA) is 65.1 Å². The van der Waals surface area contributed by atoms with E-state index >= 15 is 0 Å². The minimum Gasteiger partial charge on any atom is -0.382 e. The Labute approximate surface area is 266 Å². The molecule has 2 aromatic rings. The molecule has 0 aromatic heterocycles. The molecule has 1 saturated heterocycles. The first kappa shape index (κ1) is 34.4. The van der Waals surface area contributed by atoms with Crippen LogP contribution in [-0.4, -0.2) is 135 Å². The highest BCUT2D eigenvalue weighted by molar-refractivity contribution is 7.99. The third-order valence-corrected chi connectivity index (χ3v) is 8.75. The van der Waals surface area contributed by atoms with Crippen molar-refractivity contribution in [3.05, 3.63) is 47.5 Å². The highest BCUT2D eigenvalue weighted by Gasteiger charge is 2.24. The maximum Gasteiger partial charge on any atom is 0.0701 e. The molecule has 0 saturated carbocycles. The number of nitrogens with zero attached hydrogens (tertiary/aromatic N) is 3. The van der Waals surface area contributed by atoms with Crippen LogP contribution in [0.15, 0.2) is 52.3 Å². The van der Waals surface area contributed by atoms with E-state index < -0.39 is 0 Å². The smallest absolute Gasteiger partial charge is 0.0701 e. The van der Waals surface area contributed by atoms with E-state index in [0.29, 0.717) is 66.1 Å². The zero-order valence-corrected chi connectivity index (χ0v) is 27.1. The molecule has 43 heavy (non-hydrogen) atoms. The van der Waals surface area contributed by atoms with Crippen LogP contribution in [0.4, 0.5) is 11.4 Å². The zero-order valence-electron chi connectivity index (χ0n) is 25.6. The Balaban J connectivity index is 0.972. The van der Waals surface area contributed by atoms with Gasteiger partial charge in [-0.3, -0.25) is 4.90 Å². The van der Waals surface area contributed by atoms with E-state index in [1.165, 1.54) is 21.2 Å². The Morgan fingerprint density at radius 2 is 1.14 bits per heavy atom. The minimum absolute atomic E-state index is 0.557. The average Bonchev–Trinajstić information content (AvgIpc) is 3.03. The van der Waals surface area contributed by atoms with Crippen LogP contribution in [0.3, 0.4) is 0 Å². The standard InChI is InChI=1S/C32H48ClN3O6S/c1-37-17-18-39-21-22-41-25-26-42-24-23-40-20-19-38-16-15-35-13-11-34(12-14-35)9-4-10-36-29-5-2-3-6-31(29)43-32-8-7-28(33)27-30(32)36/h2-3,5-8,27H,4,9-26H2,1H3. The number of hydrogen-bond donors (Lipinski definition) is 0. The predicted octanol–water partition coefficient (Wildman–Crippen LogP) is 4.68. The molecule has 0 radical (unpaired) electrons. The van der Waals surface area contributed by atoms with Gasteiger partial charge in [0.25, 0.3) is 0 Å². The number of para-hydroxylation sites is 1. The molecule has 0 bridgehead atoms. The monoisotopic (exact) mass is 637 g/mol. The fourth-order valence-electron chi connectivity index (χ4n) is 5.05. The fourth-order valence-corrected chi connectivity index (χ4v) is 6.29. The van der Waals surface area contributed by atoms with Crippen LogP contribution >= 0.6 is 23.4 Å². The van der Waals surface area contributed by atoms with Gasteiger partial charge in [0.2, 0.25) is 0 Å². The second-order valence-electron chi connectivity index (χ2n) is 10.4. The zero-order chi connectivity index (χ0) is 30.0. The third kappa shape index (κ3) is 12.5. The molecule has 2 aliphatic heterocycles. The summed E-state index contributed by atoms with van der Waals surface area (Å²) in [5.74, 6) is 0. The van der Waals surface area contributed by atoms with Gasteiger partial charge in [-0.25, -0.2) is 0 Å². The van der Waals surface area contributed by atoms with E-state index in [9.17, 15) is 0 Å². The van der Waals surface area contributed by atoms with Crippen molar-refractivity contribution >= 4 is 34.7 Å².